The molecule has 0 bridgehead atoms. The summed E-state index contributed by atoms with van der Waals surface area (Å²) < 4.78 is 6.37. The second-order valence-electron chi connectivity index (χ2n) is 7.87. The van der Waals surface area contributed by atoms with Gasteiger partial charge in [0.1, 0.15) is 11.4 Å². The van der Waals surface area contributed by atoms with Crippen LogP contribution in [0.1, 0.15) is 51.6 Å². The van der Waals surface area contributed by atoms with Crippen molar-refractivity contribution in [3.05, 3.63) is 39.6 Å². The van der Waals surface area contributed by atoms with Gasteiger partial charge in [0.15, 0.2) is 0 Å². The standard InChI is InChI=1S/C20H26N4O2S/c25-19(24-8-1-2-9-24)16-13-15-3-12-26-20(18(15)27-16)4-10-23(11-5-20)14-17-21-6-7-22-17/h6-7,13H,1-5,8-12,14H2,(H,21,22). The highest BCUT2D eigenvalue weighted by Gasteiger charge is 2.43. The van der Waals surface area contributed by atoms with Gasteiger partial charge in [0.2, 0.25) is 0 Å². The Kier molecular flexibility index (Phi) is 4.53. The van der Waals surface area contributed by atoms with Crippen molar-refractivity contribution in [3.8, 4) is 0 Å². The number of amides is 1. The van der Waals surface area contributed by atoms with Crippen LogP contribution < -0.4 is 0 Å². The molecular weight excluding hydrogens is 360 g/mol. The number of fused-ring (bicyclic) bond motifs is 2. The molecule has 3 aliphatic heterocycles. The maximum absolute atomic E-state index is 12.8. The molecule has 0 atom stereocenters. The molecule has 2 saturated heterocycles. The van der Waals surface area contributed by atoms with Crippen molar-refractivity contribution in [3.63, 3.8) is 0 Å². The predicted octanol–water partition coefficient (Wildman–Crippen LogP) is 2.77. The average molecular weight is 387 g/mol. The van der Waals surface area contributed by atoms with E-state index < -0.39 is 0 Å². The molecule has 0 aliphatic carbocycles. The van der Waals surface area contributed by atoms with Gasteiger partial charge >= 0.3 is 0 Å². The summed E-state index contributed by atoms with van der Waals surface area (Å²) in [6.07, 6.45) is 8.85. The fraction of sp³-hybridized carbons (Fsp3) is 0.600. The van der Waals surface area contributed by atoms with Crippen LogP contribution in [0.15, 0.2) is 18.5 Å². The van der Waals surface area contributed by atoms with Gasteiger partial charge < -0.3 is 14.6 Å². The first kappa shape index (κ1) is 17.4. The largest absolute Gasteiger partial charge is 0.369 e. The molecule has 144 valence electrons. The number of likely N-dealkylation sites (tertiary alicyclic amines) is 2. The van der Waals surface area contributed by atoms with Gasteiger partial charge in [0.05, 0.1) is 18.0 Å². The molecule has 0 radical (unpaired) electrons. The Morgan fingerprint density at radius 1 is 1.26 bits per heavy atom. The van der Waals surface area contributed by atoms with Crippen LogP contribution in [0.3, 0.4) is 0 Å². The summed E-state index contributed by atoms with van der Waals surface area (Å²) in [5.41, 5.74) is 1.15. The zero-order valence-corrected chi connectivity index (χ0v) is 16.4. The van der Waals surface area contributed by atoms with Gasteiger partial charge in [-0.15, -0.1) is 11.3 Å². The van der Waals surface area contributed by atoms with E-state index in [4.69, 9.17) is 4.74 Å². The fourth-order valence-corrected chi connectivity index (χ4v) is 6.02. The number of hydrogen-bond acceptors (Lipinski definition) is 5. The fourth-order valence-electron chi connectivity index (χ4n) is 4.64. The van der Waals surface area contributed by atoms with Crippen LogP contribution in [0, 0.1) is 0 Å². The summed E-state index contributed by atoms with van der Waals surface area (Å²) in [6.45, 7) is 5.43. The lowest BCUT2D eigenvalue weighted by molar-refractivity contribution is -0.0962. The van der Waals surface area contributed by atoms with Crippen molar-refractivity contribution in [2.24, 2.45) is 0 Å². The summed E-state index contributed by atoms with van der Waals surface area (Å²) >= 11 is 1.69. The van der Waals surface area contributed by atoms with Gasteiger partial charge in [-0.1, -0.05) is 0 Å². The minimum absolute atomic E-state index is 0.193. The lowest BCUT2D eigenvalue weighted by Gasteiger charge is -2.43. The molecule has 5 rings (SSSR count). The predicted molar refractivity (Wildman–Crippen MR) is 104 cm³/mol. The van der Waals surface area contributed by atoms with E-state index in [-0.39, 0.29) is 11.5 Å². The van der Waals surface area contributed by atoms with Gasteiger partial charge in [-0.05, 0) is 43.7 Å². The Morgan fingerprint density at radius 2 is 2.07 bits per heavy atom. The number of nitrogens with zero attached hydrogens (tertiary/aromatic N) is 3. The van der Waals surface area contributed by atoms with Crippen LogP contribution in [-0.4, -0.2) is 58.5 Å². The van der Waals surface area contributed by atoms with E-state index >= 15 is 0 Å². The summed E-state index contributed by atoms with van der Waals surface area (Å²) in [6, 6.07) is 2.15. The van der Waals surface area contributed by atoms with E-state index in [1.807, 2.05) is 17.3 Å². The van der Waals surface area contributed by atoms with E-state index in [9.17, 15) is 4.79 Å². The molecule has 0 aromatic carbocycles. The molecule has 1 N–H and O–H groups in total. The van der Waals surface area contributed by atoms with E-state index in [0.29, 0.717) is 0 Å². The van der Waals surface area contributed by atoms with E-state index in [2.05, 4.69) is 20.9 Å². The second-order valence-corrected chi connectivity index (χ2v) is 8.92. The number of hydrogen-bond donors (Lipinski definition) is 1. The SMILES string of the molecule is O=C(c1cc2c(s1)C1(CCN(Cc3ncc[nH]3)CC1)OCC2)N1CCCC1. The number of imidazole rings is 1. The normalized spacial score (nSPS) is 22.3. The molecule has 27 heavy (non-hydrogen) atoms. The first-order valence-electron chi connectivity index (χ1n) is 10.0. The smallest absolute Gasteiger partial charge is 0.263 e. The number of carbonyl (C=O) groups excluding carboxylic acids is 1. The number of H-pyrrole nitrogens is 1. The number of nitrogens with one attached hydrogen (secondary N) is 1. The highest BCUT2D eigenvalue weighted by molar-refractivity contribution is 7.14. The van der Waals surface area contributed by atoms with Gasteiger partial charge in [0, 0.05) is 43.4 Å². The molecule has 7 heteroatoms. The summed E-state index contributed by atoms with van der Waals surface area (Å²) in [4.78, 5) is 27.0. The maximum Gasteiger partial charge on any atom is 0.263 e. The third-order valence-electron chi connectivity index (χ3n) is 6.17. The van der Waals surface area contributed by atoms with Crippen molar-refractivity contribution in [1.82, 2.24) is 19.8 Å². The van der Waals surface area contributed by atoms with E-state index in [0.717, 1.165) is 82.1 Å². The van der Waals surface area contributed by atoms with Crippen molar-refractivity contribution in [2.45, 2.75) is 44.2 Å². The van der Waals surface area contributed by atoms with Gasteiger partial charge in [-0.3, -0.25) is 9.69 Å². The number of rotatable bonds is 3. The van der Waals surface area contributed by atoms with Crippen LogP contribution in [0.2, 0.25) is 0 Å². The van der Waals surface area contributed by atoms with Crippen molar-refractivity contribution >= 4 is 17.2 Å². The molecule has 6 nitrogen and oxygen atoms in total. The van der Waals surface area contributed by atoms with Crippen LogP contribution in [0.5, 0.6) is 0 Å². The number of thiophene rings is 1. The number of carbonyl (C=O) groups is 1. The molecule has 5 heterocycles. The summed E-state index contributed by atoms with van der Waals surface area (Å²) in [7, 11) is 0. The third kappa shape index (κ3) is 3.22. The lowest BCUT2D eigenvalue weighted by atomic mass is 9.85. The summed E-state index contributed by atoms with van der Waals surface area (Å²) in [5, 5.41) is 0. The molecule has 3 aliphatic rings. The topological polar surface area (TPSA) is 61.5 Å². The van der Waals surface area contributed by atoms with E-state index in [1.165, 1.54) is 10.4 Å². The number of ether oxygens (including phenoxy) is 1. The van der Waals surface area contributed by atoms with Crippen LogP contribution in [0.25, 0.3) is 0 Å². The zero-order chi connectivity index (χ0) is 18.3. The number of aromatic amines is 1. The Morgan fingerprint density at radius 3 is 2.81 bits per heavy atom. The van der Waals surface area contributed by atoms with Crippen molar-refractivity contribution in [2.75, 3.05) is 32.8 Å². The number of aromatic nitrogens is 2. The minimum Gasteiger partial charge on any atom is -0.369 e. The molecule has 1 amide bonds. The first-order chi connectivity index (χ1) is 13.2. The van der Waals surface area contributed by atoms with Crippen molar-refractivity contribution in [1.29, 1.82) is 0 Å². The molecule has 2 aromatic rings. The Bertz CT molecular complexity index is 802. The van der Waals surface area contributed by atoms with Crippen LogP contribution >= 0.6 is 11.3 Å². The molecule has 0 saturated carbocycles. The van der Waals surface area contributed by atoms with Gasteiger partial charge in [0.25, 0.3) is 5.91 Å². The third-order valence-corrected chi connectivity index (χ3v) is 7.52. The quantitative estimate of drug-likeness (QED) is 0.881. The highest BCUT2D eigenvalue weighted by Crippen LogP contribution is 2.45. The minimum atomic E-state index is -0.193. The Balaban J connectivity index is 1.33. The van der Waals surface area contributed by atoms with Crippen LogP contribution in [-0.2, 0) is 23.3 Å². The molecule has 2 fully saturated rings. The molecule has 1 spiro atoms. The van der Waals surface area contributed by atoms with Gasteiger partial charge in [-0.25, -0.2) is 4.98 Å². The van der Waals surface area contributed by atoms with Crippen LogP contribution in [0.4, 0.5) is 0 Å². The van der Waals surface area contributed by atoms with Gasteiger partial charge in [-0.2, -0.15) is 0 Å². The average Bonchev–Trinajstić information content (AvgIpc) is 3.45. The zero-order valence-electron chi connectivity index (χ0n) is 15.6. The Hall–Kier alpha value is -1.70. The van der Waals surface area contributed by atoms with Crippen molar-refractivity contribution < 1.29 is 9.53 Å². The molecule has 0 unspecified atom stereocenters. The van der Waals surface area contributed by atoms with E-state index in [1.54, 1.807) is 11.3 Å². The number of piperidine rings is 1. The second kappa shape index (κ2) is 7.04. The maximum atomic E-state index is 12.8. The summed E-state index contributed by atoms with van der Waals surface area (Å²) in [5.74, 6) is 1.24. The lowest BCUT2D eigenvalue weighted by Crippen LogP contribution is -2.45. The Labute approximate surface area is 163 Å². The molecular formula is C20H26N4O2S. The highest BCUT2D eigenvalue weighted by atomic mass is 32.1. The first-order valence-corrected chi connectivity index (χ1v) is 10.8. The molecule has 2 aromatic heterocycles. The monoisotopic (exact) mass is 386 g/mol.